The second-order valence-electron chi connectivity index (χ2n) is 7.62. The van der Waals surface area contributed by atoms with E-state index in [0.717, 1.165) is 27.9 Å². The SMILES string of the molecule is Brc1ccccc1.Cc1cccc(C)c1OCc1c(C(=O)O)c(C)cc(OS(C)(=O)=O)c1C(=O)O. The molecule has 0 radical (unpaired) electrons. The van der Waals surface area contributed by atoms with Crippen LogP contribution in [0.15, 0.2) is 59.1 Å². The summed E-state index contributed by atoms with van der Waals surface area (Å²) < 4.78 is 34.7. The lowest BCUT2D eigenvalue weighted by Gasteiger charge is -2.18. The van der Waals surface area contributed by atoms with Crippen molar-refractivity contribution in [2.75, 3.05) is 6.26 Å². The van der Waals surface area contributed by atoms with Gasteiger partial charge in [-0.15, -0.1) is 0 Å². The van der Waals surface area contributed by atoms with Crippen molar-refractivity contribution < 1.29 is 37.1 Å². The normalized spacial score (nSPS) is 10.7. The zero-order valence-corrected chi connectivity index (χ0v) is 21.9. The highest BCUT2D eigenvalue weighted by Crippen LogP contribution is 2.32. The van der Waals surface area contributed by atoms with Crippen LogP contribution in [0.25, 0.3) is 0 Å². The van der Waals surface area contributed by atoms with Gasteiger partial charge in [0.1, 0.15) is 17.9 Å². The molecule has 0 aliphatic rings. The minimum absolute atomic E-state index is 0.149. The molecule has 35 heavy (non-hydrogen) atoms. The highest BCUT2D eigenvalue weighted by atomic mass is 79.9. The van der Waals surface area contributed by atoms with Gasteiger partial charge in [-0.05, 0) is 55.7 Å². The molecule has 3 aromatic carbocycles. The number of aromatic carboxylic acids is 2. The van der Waals surface area contributed by atoms with Crippen molar-refractivity contribution in [1.82, 2.24) is 0 Å². The molecule has 0 heterocycles. The first kappa shape index (κ1) is 27.9. The molecule has 186 valence electrons. The number of hydrogen-bond acceptors (Lipinski definition) is 6. The van der Waals surface area contributed by atoms with E-state index in [9.17, 15) is 28.2 Å². The number of aryl methyl sites for hydroxylation is 3. The summed E-state index contributed by atoms with van der Waals surface area (Å²) in [4.78, 5) is 23.6. The van der Waals surface area contributed by atoms with Crippen molar-refractivity contribution in [3.8, 4) is 11.5 Å². The molecule has 0 spiro atoms. The molecule has 0 saturated heterocycles. The molecule has 3 rings (SSSR count). The maximum absolute atomic E-state index is 11.8. The molecule has 0 unspecified atom stereocenters. The predicted molar refractivity (Wildman–Crippen MR) is 135 cm³/mol. The average Bonchev–Trinajstić information content (AvgIpc) is 2.72. The number of halogens is 1. The highest BCUT2D eigenvalue weighted by Gasteiger charge is 2.28. The molecule has 0 aromatic heterocycles. The molecular formula is C25H25BrO8S. The fourth-order valence-electron chi connectivity index (χ4n) is 3.34. The van der Waals surface area contributed by atoms with Gasteiger partial charge in [0.25, 0.3) is 0 Å². The maximum Gasteiger partial charge on any atom is 0.339 e. The molecule has 0 amide bonds. The van der Waals surface area contributed by atoms with E-state index >= 15 is 0 Å². The zero-order valence-electron chi connectivity index (χ0n) is 19.5. The molecule has 0 fully saturated rings. The van der Waals surface area contributed by atoms with Crippen molar-refractivity contribution in [1.29, 1.82) is 0 Å². The second kappa shape index (κ2) is 11.9. The third-order valence-corrected chi connectivity index (χ3v) is 5.77. The van der Waals surface area contributed by atoms with Gasteiger partial charge in [0.15, 0.2) is 5.75 Å². The van der Waals surface area contributed by atoms with Gasteiger partial charge in [-0.25, -0.2) is 9.59 Å². The monoisotopic (exact) mass is 564 g/mol. The summed E-state index contributed by atoms with van der Waals surface area (Å²) >= 11 is 3.31. The summed E-state index contributed by atoms with van der Waals surface area (Å²) in [5, 5.41) is 19.2. The van der Waals surface area contributed by atoms with Gasteiger partial charge in [0, 0.05) is 10.0 Å². The van der Waals surface area contributed by atoms with Gasteiger partial charge in [-0.2, -0.15) is 8.42 Å². The Morgan fingerprint density at radius 3 is 1.83 bits per heavy atom. The van der Waals surface area contributed by atoms with E-state index in [1.807, 2.05) is 36.4 Å². The van der Waals surface area contributed by atoms with E-state index in [-0.39, 0.29) is 16.7 Å². The first-order chi connectivity index (χ1) is 16.3. The van der Waals surface area contributed by atoms with Gasteiger partial charge in [0.05, 0.1) is 11.8 Å². The lowest BCUT2D eigenvalue weighted by atomic mass is 9.95. The van der Waals surface area contributed by atoms with Crippen LogP contribution in [-0.4, -0.2) is 36.8 Å². The third-order valence-electron chi connectivity index (χ3n) is 4.76. The molecular weight excluding hydrogens is 540 g/mol. The molecule has 2 N–H and O–H groups in total. The predicted octanol–water partition coefficient (Wildman–Crippen LogP) is 5.37. The molecule has 0 saturated carbocycles. The standard InChI is InChI=1S/C19H20O8S.C6H5Br/c1-10-6-5-7-11(2)17(10)26-9-13-15(18(20)21)12(3)8-14(16(13)19(22)23)27-28(4,24)25;7-6-4-2-1-3-5-6/h5-8H,9H2,1-4H3,(H,20,21)(H,22,23);1-5H. The Kier molecular flexibility index (Phi) is 9.44. The minimum atomic E-state index is -4.03. The lowest BCUT2D eigenvalue weighted by molar-refractivity contribution is 0.0690. The number of carboxylic acid groups (broad SMARTS) is 2. The Bertz CT molecular complexity index is 1320. The van der Waals surface area contributed by atoms with Gasteiger partial charge >= 0.3 is 22.1 Å². The van der Waals surface area contributed by atoms with E-state index in [1.54, 1.807) is 26.0 Å². The van der Waals surface area contributed by atoms with Crippen LogP contribution >= 0.6 is 15.9 Å². The summed E-state index contributed by atoms with van der Waals surface area (Å²) in [6, 6.07) is 16.5. The topological polar surface area (TPSA) is 127 Å². The summed E-state index contributed by atoms with van der Waals surface area (Å²) in [7, 11) is -4.03. The zero-order chi connectivity index (χ0) is 26.3. The van der Waals surface area contributed by atoms with E-state index in [1.165, 1.54) is 6.92 Å². The number of benzene rings is 3. The van der Waals surface area contributed by atoms with Gasteiger partial charge in [-0.1, -0.05) is 52.3 Å². The fraction of sp³-hybridized carbons (Fsp3) is 0.200. The fourth-order valence-corrected chi connectivity index (χ4v) is 4.11. The Balaban J connectivity index is 0.000000527. The summed E-state index contributed by atoms with van der Waals surface area (Å²) in [6.07, 6.45) is 0.770. The van der Waals surface area contributed by atoms with E-state index in [0.29, 0.717) is 5.75 Å². The molecule has 0 aliphatic carbocycles. The molecule has 3 aromatic rings. The van der Waals surface area contributed by atoms with Crippen molar-refractivity contribution in [3.63, 3.8) is 0 Å². The molecule has 0 bridgehead atoms. The van der Waals surface area contributed by atoms with Gasteiger partial charge in [0.2, 0.25) is 0 Å². The Morgan fingerprint density at radius 1 is 0.857 bits per heavy atom. The molecule has 0 atom stereocenters. The average molecular weight is 565 g/mol. The van der Waals surface area contributed by atoms with Crippen LogP contribution in [-0.2, 0) is 16.7 Å². The first-order valence-corrected chi connectivity index (χ1v) is 12.8. The molecule has 0 aliphatic heterocycles. The molecule has 8 nitrogen and oxygen atoms in total. The number of rotatable bonds is 7. The van der Waals surface area contributed by atoms with Crippen molar-refractivity contribution >= 4 is 38.0 Å². The summed E-state index contributed by atoms with van der Waals surface area (Å²) in [6.45, 7) is 4.63. The van der Waals surface area contributed by atoms with Crippen molar-refractivity contribution in [2.24, 2.45) is 0 Å². The number of carbonyl (C=O) groups is 2. The van der Waals surface area contributed by atoms with Crippen molar-refractivity contribution in [2.45, 2.75) is 27.4 Å². The maximum atomic E-state index is 11.8. The van der Waals surface area contributed by atoms with Crippen LogP contribution in [0.2, 0.25) is 0 Å². The summed E-state index contributed by atoms with van der Waals surface area (Å²) in [5.41, 5.74) is 0.699. The Hall–Kier alpha value is -3.37. The molecule has 10 heteroatoms. The lowest BCUT2D eigenvalue weighted by Crippen LogP contribution is -2.18. The van der Waals surface area contributed by atoms with Crippen LogP contribution in [0.4, 0.5) is 0 Å². The van der Waals surface area contributed by atoms with Crippen LogP contribution in [0.5, 0.6) is 11.5 Å². The Labute approximate surface area is 212 Å². The number of para-hydroxylation sites is 1. The Morgan fingerprint density at radius 2 is 1.40 bits per heavy atom. The number of hydrogen-bond donors (Lipinski definition) is 2. The van der Waals surface area contributed by atoms with Crippen LogP contribution in [0, 0.1) is 20.8 Å². The van der Waals surface area contributed by atoms with Crippen LogP contribution < -0.4 is 8.92 Å². The first-order valence-electron chi connectivity index (χ1n) is 10.2. The van der Waals surface area contributed by atoms with E-state index in [4.69, 9.17) is 8.92 Å². The van der Waals surface area contributed by atoms with E-state index < -0.39 is 40.0 Å². The van der Waals surface area contributed by atoms with Crippen molar-refractivity contribution in [3.05, 3.63) is 92.5 Å². The number of carboxylic acids is 2. The quantitative estimate of drug-likeness (QED) is 0.366. The second-order valence-corrected chi connectivity index (χ2v) is 10.1. The number of ether oxygens (including phenoxy) is 1. The van der Waals surface area contributed by atoms with Crippen LogP contribution in [0.1, 0.15) is 43.0 Å². The largest absolute Gasteiger partial charge is 0.488 e. The third kappa shape index (κ3) is 7.83. The highest BCUT2D eigenvalue weighted by molar-refractivity contribution is 9.10. The van der Waals surface area contributed by atoms with Gasteiger partial charge < -0.3 is 19.1 Å². The minimum Gasteiger partial charge on any atom is -0.488 e. The summed E-state index contributed by atoms with van der Waals surface area (Å²) in [5.74, 6) is -2.85. The van der Waals surface area contributed by atoms with Gasteiger partial charge in [-0.3, -0.25) is 0 Å². The van der Waals surface area contributed by atoms with Crippen LogP contribution in [0.3, 0.4) is 0 Å². The smallest absolute Gasteiger partial charge is 0.339 e. The van der Waals surface area contributed by atoms with E-state index in [2.05, 4.69) is 15.9 Å².